The fourth-order valence-corrected chi connectivity index (χ4v) is 3.47. The van der Waals surface area contributed by atoms with Crippen molar-refractivity contribution in [3.63, 3.8) is 0 Å². The summed E-state index contributed by atoms with van der Waals surface area (Å²) in [6, 6.07) is 6.99. The minimum Gasteiger partial charge on any atom is -0.493 e. The van der Waals surface area contributed by atoms with Gasteiger partial charge in [-0.05, 0) is 31.0 Å². The van der Waals surface area contributed by atoms with E-state index < -0.39 is 0 Å². The quantitative estimate of drug-likeness (QED) is 0.654. The van der Waals surface area contributed by atoms with Crippen LogP contribution in [0.4, 0.5) is 0 Å². The molecule has 1 aromatic carbocycles. The average Bonchev–Trinajstić information content (AvgIpc) is 2.71. The van der Waals surface area contributed by atoms with Crippen molar-refractivity contribution < 1.29 is 23.7 Å². The Morgan fingerprint density at radius 1 is 1.07 bits per heavy atom. The molecule has 0 saturated carbocycles. The molecule has 162 valence electrons. The van der Waals surface area contributed by atoms with E-state index in [0.717, 1.165) is 11.3 Å². The molecule has 1 saturated heterocycles. The van der Waals surface area contributed by atoms with Gasteiger partial charge in [-0.15, -0.1) is 0 Å². The molecule has 0 N–H and O–H groups in total. The fourth-order valence-electron chi connectivity index (χ4n) is 3.47. The van der Waals surface area contributed by atoms with E-state index in [1.54, 1.807) is 43.9 Å². The number of amides is 1. The van der Waals surface area contributed by atoms with Gasteiger partial charge in [0.25, 0.3) is 5.56 Å². The molecule has 0 atom stereocenters. The number of carbonyl (C=O) groups excluding carboxylic acids is 1. The summed E-state index contributed by atoms with van der Waals surface area (Å²) in [6.07, 6.45) is 0.776. The number of ether oxygens (including phenoxy) is 4. The van der Waals surface area contributed by atoms with Crippen LogP contribution in [0.2, 0.25) is 0 Å². The first-order chi connectivity index (χ1) is 14.4. The third-order valence-corrected chi connectivity index (χ3v) is 5.37. The highest BCUT2D eigenvalue weighted by Gasteiger charge is 2.32. The Morgan fingerprint density at radius 2 is 1.77 bits per heavy atom. The number of methoxy groups -OCH3 is 3. The zero-order chi connectivity index (χ0) is 21.8. The van der Waals surface area contributed by atoms with Crippen LogP contribution in [-0.4, -0.2) is 55.9 Å². The Hall–Kier alpha value is -3.16. The number of carbonyl (C=O) groups is 1. The standard InChI is InChI=1S/C22H28N2O6/c1-14-10-16(11-20(26)23(14)2)30-17-12-24(13-17)19(25)9-7-15-6-8-18(27-3)22(29-5)21(15)28-4/h6,8,10-11,17H,7,9,12-13H2,1-5H3. The number of hydrogen-bond donors (Lipinski definition) is 0. The minimum absolute atomic E-state index is 0.0480. The Bertz CT molecular complexity index is 978. The van der Waals surface area contributed by atoms with Gasteiger partial charge in [0.15, 0.2) is 11.5 Å². The molecule has 0 spiro atoms. The third kappa shape index (κ3) is 4.37. The van der Waals surface area contributed by atoms with Gasteiger partial charge < -0.3 is 28.4 Å². The molecule has 30 heavy (non-hydrogen) atoms. The lowest BCUT2D eigenvalue weighted by Crippen LogP contribution is -2.56. The largest absolute Gasteiger partial charge is 0.493 e. The normalized spacial score (nSPS) is 13.6. The predicted molar refractivity (Wildman–Crippen MR) is 112 cm³/mol. The zero-order valence-electron chi connectivity index (χ0n) is 18.1. The van der Waals surface area contributed by atoms with Crippen LogP contribution in [0.5, 0.6) is 23.0 Å². The topological polar surface area (TPSA) is 79.2 Å². The van der Waals surface area contributed by atoms with E-state index in [1.165, 1.54) is 6.07 Å². The smallest absolute Gasteiger partial charge is 0.254 e. The summed E-state index contributed by atoms with van der Waals surface area (Å²) in [7, 11) is 6.41. The van der Waals surface area contributed by atoms with Crippen molar-refractivity contribution in [1.29, 1.82) is 0 Å². The highest BCUT2D eigenvalue weighted by molar-refractivity contribution is 5.77. The first-order valence-corrected chi connectivity index (χ1v) is 9.77. The summed E-state index contributed by atoms with van der Waals surface area (Å²) < 4.78 is 23.6. The van der Waals surface area contributed by atoms with E-state index in [2.05, 4.69) is 0 Å². The van der Waals surface area contributed by atoms with Crippen molar-refractivity contribution in [1.82, 2.24) is 9.47 Å². The molecule has 1 aliphatic rings. The number of likely N-dealkylation sites (tertiary alicyclic amines) is 1. The van der Waals surface area contributed by atoms with E-state index >= 15 is 0 Å². The average molecular weight is 416 g/mol. The van der Waals surface area contributed by atoms with Gasteiger partial charge in [0.05, 0.1) is 34.4 Å². The molecule has 8 nitrogen and oxygen atoms in total. The number of nitrogens with zero attached hydrogens (tertiary/aromatic N) is 2. The van der Waals surface area contributed by atoms with E-state index in [4.69, 9.17) is 18.9 Å². The lowest BCUT2D eigenvalue weighted by Gasteiger charge is -2.39. The Kier molecular flexibility index (Phi) is 6.54. The van der Waals surface area contributed by atoms with Gasteiger partial charge in [0.1, 0.15) is 11.9 Å². The monoisotopic (exact) mass is 416 g/mol. The van der Waals surface area contributed by atoms with Crippen LogP contribution in [0.15, 0.2) is 29.1 Å². The van der Waals surface area contributed by atoms with Crippen molar-refractivity contribution in [2.75, 3.05) is 34.4 Å². The van der Waals surface area contributed by atoms with Gasteiger partial charge in [0, 0.05) is 25.2 Å². The second kappa shape index (κ2) is 9.11. The summed E-state index contributed by atoms with van der Waals surface area (Å²) in [5, 5.41) is 0. The summed E-state index contributed by atoms with van der Waals surface area (Å²) >= 11 is 0. The molecule has 8 heteroatoms. The van der Waals surface area contributed by atoms with Crippen LogP contribution in [0.25, 0.3) is 0 Å². The lowest BCUT2D eigenvalue weighted by molar-refractivity contribution is -0.139. The minimum atomic E-state index is -0.110. The highest BCUT2D eigenvalue weighted by atomic mass is 16.5. The third-order valence-electron chi connectivity index (χ3n) is 5.37. The second-order valence-electron chi connectivity index (χ2n) is 7.26. The van der Waals surface area contributed by atoms with Gasteiger partial charge >= 0.3 is 0 Å². The van der Waals surface area contributed by atoms with Gasteiger partial charge in [0.2, 0.25) is 11.7 Å². The van der Waals surface area contributed by atoms with Gasteiger partial charge in [-0.25, -0.2) is 0 Å². The van der Waals surface area contributed by atoms with E-state index in [9.17, 15) is 9.59 Å². The number of hydrogen-bond acceptors (Lipinski definition) is 6. The Labute approximate surface area is 175 Å². The van der Waals surface area contributed by atoms with Gasteiger partial charge in [-0.1, -0.05) is 6.07 Å². The van der Waals surface area contributed by atoms with Crippen molar-refractivity contribution in [2.24, 2.45) is 7.05 Å². The maximum atomic E-state index is 12.5. The van der Waals surface area contributed by atoms with Crippen molar-refractivity contribution in [2.45, 2.75) is 25.9 Å². The molecule has 0 unspecified atom stereocenters. The molecular formula is C22H28N2O6. The first kappa shape index (κ1) is 21.5. The summed E-state index contributed by atoms with van der Waals surface area (Å²) in [5.41, 5.74) is 1.60. The molecule has 2 heterocycles. The summed E-state index contributed by atoms with van der Waals surface area (Å²) in [4.78, 5) is 26.2. The molecule has 1 aromatic heterocycles. The maximum absolute atomic E-state index is 12.5. The van der Waals surface area contributed by atoms with Crippen LogP contribution in [-0.2, 0) is 18.3 Å². The molecular weight excluding hydrogens is 388 g/mol. The molecule has 1 aliphatic heterocycles. The van der Waals surface area contributed by atoms with Crippen LogP contribution in [0.1, 0.15) is 17.7 Å². The van der Waals surface area contributed by atoms with Crippen molar-refractivity contribution in [3.8, 4) is 23.0 Å². The zero-order valence-corrected chi connectivity index (χ0v) is 18.1. The molecule has 3 rings (SSSR count). The molecule has 1 amide bonds. The van der Waals surface area contributed by atoms with Crippen LogP contribution < -0.4 is 24.5 Å². The van der Waals surface area contributed by atoms with Crippen molar-refractivity contribution in [3.05, 3.63) is 45.9 Å². The van der Waals surface area contributed by atoms with Crippen molar-refractivity contribution >= 4 is 5.91 Å². The SMILES string of the molecule is COc1ccc(CCC(=O)N2CC(Oc3cc(C)n(C)c(=O)c3)C2)c(OC)c1OC. The molecule has 0 bridgehead atoms. The van der Waals surface area contributed by atoms with E-state index in [-0.39, 0.29) is 17.6 Å². The number of aryl methyl sites for hydroxylation is 2. The predicted octanol–water partition coefficient (Wildman–Crippen LogP) is 1.94. The second-order valence-corrected chi connectivity index (χ2v) is 7.26. The van der Waals surface area contributed by atoms with Crippen LogP contribution in [0, 0.1) is 6.92 Å². The van der Waals surface area contributed by atoms with Crippen LogP contribution >= 0.6 is 0 Å². The number of aromatic nitrogens is 1. The molecule has 1 fully saturated rings. The summed E-state index contributed by atoms with van der Waals surface area (Å²) in [6.45, 7) is 2.87. The highest BCUT2D eigenvalue weighted by Crippen LogP contribution is 2.40. The molecule has 2 aromatic rings. The number of rotatable bonds is 8. The lowest BCUT2D eigenvalue weighted by atomic mass is 10.0. The maximum Gasteiger partial charge on any atom is 0.254 e. The van der Waals surface area contributed by atoms with Gasteiger partial charge in [-0.3, -0.25) is 9.59 Å². The van der Waals surface area contributed by atoms with E-state index in [0.29, 0.717) is 48.9 Å². The Balaban J connectivity index is 1.55. The Morgan fingerprint density at radius 3 is 2.37 bits per heavy atom. The number of benzene rings is 1. The van der Waals surface area contributed by atoms with Crippen LogP contribution in [0.3, 0.4) is 0 Å². The summed E-state index contributed by atoms with van der Waals surface area (Å²) in [5.74, 6) is 2.27. The molecule has 0 aliphatic carbocycles. The first-order valence-electron chi connectivity index (χ1n) is 9.77. The van der Waals surface area contributed by atoms with E-state index in [1.807, 2.05) is 19.1 Å². The molecule has 0 radical (unpaired) electrons. The number of pyridine rings is 1. The van der Waals surface area contributed by atoms with Gasteiger partial charge in [-0.2, -0.15) is 0 Å². The fraction of sp³-hybridized carbons (Fsp3) is 0.455.